The standard InChI is InChI=1S/C24H21ClN2O2S/c1-24(2,30(3,28)29)19-13-18-8-5-10-27-23(18)20(14-19)16-6-4-7-17(12-16)21-15-26-11-9-22(21)25/h4-15H,1-3H3/p+1. The first kappa shape index (κ1) is 20.5. The first-order valence-corrected chi connectivity index (χ1v) is 11.8. The minimum Gasteiger partial charge on any atom is -0.256 e. The molecule has 2 heterocycles. The van der Waals surface area contributed by atoms with Crippen LogP contribution in [-0.4, -0.2) is 19.7 Å². The van der Waals surface area contributed by atoms with Crippen LogP contribution in [0.3, 0.4) is 0 Å². The molecule has 0 amide bonds. The zero-order valence-corrected chi connectivity index (χ0v) is 18.6. The molecule has 0 radical (unpaired) electrons. The molecule has 0 atom stereocenters. The summed E-state index contributed by atoms with van der Waals surface area (Å²) in [6, 6.07) is 17.5. The van der Waals surface area contributed by atoms with E-state index in [1.54, 1.807) is 26.2 Å². The molecule has 0 aliphatic carbocycles. The summed E-state index contributed by atoms with van der Waals surface area (Å²) < 4.78 is 23.9. The molecule has 4 rings (SSSR count). The molecule has 0 aliphatic rings. The lowest BCUT2D eigenvalue weighted by Gasteiger charge is -2.24. The highest BCUT2D eigenvalue weighted by Gasteiger charge is 2.33. The topological polar surface area (TPSA) is 61.2 Å². The quantitative estimate of drug-likeness (QED) is 0.434. The Morgan fingerprint density at radius 3 is 2.40 bits per heavy atom. The molecule has 2 aromatic heterocycles. The number of nitrogens with one attached hydrogen (secondary N) is 1. The van der Waals surface area contributed by atoms with Gasteiger partial charge in [0.2, 0.25) is 0 Å². The minimum absolute atomic E-state index is 0.654. The van der Waals surface area contributed by atoms with E-state index in [1.807, 2.05) is 54.7 Å². The van der Waals surface area contributed by atoms with Crippen molar-refractivity contribution in [1.82, 2.24) is 4.98 Å². The van der Waals surface area contributed by atoms with E-state index >= 15 is 0 Å². The van der Waals surface area contributed by atoms with Crippen LogP contribution in [-0.2, 0) is 14.6 Å². The van der Waals surface area contributed by atoms with Gasteiger partial charge in [0.05, 0.1) is 20.8 Å². The number of halogens is 1. The molecule has 152 valence electrons. The van der Waals surface area contributed by atoms with Crippen LogP contribution in [0.1, 0.15) is 19.4 Å². The van der Waals surface area contributed by atoms with Crippen LogP contribution in [0.4, 0.5) is 0 Å². The van der Waals surface area contributed by atoms with Gasteiger partial charge in [0.15, 0.2) is 22.2 Å². The largest absolute Gasteiger partial charge is 0.256 e. The van der Waals surface area contributed by atoms with Crippen LogP contribution in [0.25, 0.3) is 33.2 Å². The second-order valence-corrected chi connectivity index (χ2v) is 10.8. The number of H-pyrrole nitrogens is 1. The van der Waals surface area contributed by atoms with E-state index in [-0.39, 0.29) is 0 Å². The van der Waals surface area contributed by atoms with E-state index in [0.29, 0.717) is 5.02 Å². The summed E-state index contributed by atoms with van der Waals surface area (Å²) in [5.41, 5.74) is 5.25. The molecule has 0 aliphatic heterocycles. The maximum atomic E-state index is 12.5. The molecule has 0 bridgehead atoms. The second-order valence-electron chi connectivity index (χ2n) is 7.87. The van der Waals surface area contributed by atoms with Crippen molar-refractivity contribution in [2.24, 2.45) is 0 Å². The second kappa shape index (κ2) is 7.49. The van der Waals surface area contributed by atoms with Gasteiger partial charge in [0.25, 0.3) is 0 Å². The van der Waals surface area contributed by atoms with Crippen molar-refractivity contribution in [3.05, 3.63) is 83.8 Å². The lowest BCUT2D eigenvalue weighted by atomic mass is 9.92. The number of rotatable bonds is 4. The Kier molecular flexibility index (Phi) is 5.12. The number of sulfone groups is 1. The summed E-state index contributed by atoms with van der Waals surface area (Å²) in [5, 5.41) is 1.55. The van der Waals surface area contributed by atoms with Crippen LogP contribution < -0.4 is 4.98 Å². The van der Waals surface area contributed by atoms with Crippen molar-refractivity contribution < 1.29 is 13.4 Å². The van der Waals surface area contributed by atoms with E-state index in [9.17, 15) is 8.42 Å². The van der Waals surface area contributed by atoms with Gasteiger partial charge < -0.3 is 0 Å². The number of aromatic nitrogens is 2. The van der Waals surface area contributed by atoms with Crippen LogP contribution >= 0.6 is 11.6 Å². The average Bonchev–Trinajstić information content (AvgIpc) is 2.72. The molecule has 0 saturated carbocycles. The highest BCUT2D eigenvalue weighted by atomic mass is 35.5. The first-order chi connectivity index (χ1) is 14.2. The third-order valence-electron chi connectivity index (χ3n) is 5.62. The molecule has 1 N–H and O–H groups in total. The zero-order chi connectivity index (χ0) is 21.5. The van der Waals surface area contributed by atoms with Gasteiger partial charge in [-0.25, -0.2) is 13.4 Å². The van der Waals surface area contributed by atoms with Crippen molar-refractivity contribution in [2.75, 3.05) is 6.26 Å². The fraction of sp³-hybridized carbons (Fsp3) is 0.167. The Morgan fingerprint density at radius 1 is 0.967 bits per heavy atom. The molecule has 4 nitrogen and oxygen atoms in total. The van der Waals surface area contributed by atoms with E-state index < -0.39 is 14.6 Å². The maximum absolute atomic E-state index is 12.5. The van der Waals surface area contributed by atoms with Crippen molar-refractivity contribution in [2.45, 2.75) is 18.6 Å². The summed E-state index contributed by atoms with van der Waals surface area (Å²) in [4.78, 5) is 7.65. The van der Waals surface area contributed by atoms with Crippen LogP contribution in [0.2, 0.25) is 5.02 Å². The lowest BCUT2D eigenvalue weighted by Crippen LogP contribution is -2.28. The molecule has 4 aromatic rings. The number of pyridine rings is 2. The van der Waals surface area contributed by atoms with Gasteiger partial charge in [-0.15, -0.1) is 0 Å². The Morgan fingerprint density at radius 2 is 1.70 bits per heavy atom. The van der Waals surface area contributed by atoms with Crippen LogP contribution in [0, 0.1) is 0 Å². The molecule has 0 spiro atoms. The predicted molar refractivity (Wildman–Crippen MR) is 122 cm³/mol. The fourth-order valence-electron chi connectivity index (χ4n) is 3.46. The molecule has 30 heavy (non-hydrogen) atoms. The lowest BCUT2D eigenvalue weighted by molar-refractivity contribution is -0.377. The zero-order valence-electron chi connectivity index (χ0n) is 17.0. The Hall–Kier alpha value is -2.76. The highest BCUT2D eigenvalue weighted by Crippen LogP contribution is 2.37. The van der Waals surface area contributed by atoms with Gasteiger partial charge in [-0.05, 0) is 54.8 Å². The van der Waals surface area contributed by atoms with Crippen LogP contribution in [0.5, 0.6) is 0 Å². The monoisotopic (exact) mass is 437 g/mol. The van der Waals surface area contributed by atoms with Gasteiger partial charge in [-0.2, -0.15) is 0 Å². The number of hydrogen-bond donors (Lipinski definition) is 0. The highest BCUT2D eigenvalue weighted by molar-refractivity contribution is 7.91. The summed E-state index contributed by atoms with van der Waals surface area (Å²) in [6.07, 6.45) is 6.67. The molecule has 0 fully saturated rings. The maximum Gasteiger partial charge on any atom is 0.176 e. The van der Waals surface area contributed by atoms with Crippen molar-refractivity contribution >= 4 is 32.3 Å². The van der Waals surface area contributed by atoms with Crippen molar-refractivity contribution in [3.63, 3.8) is 0 Å². The average molecular weight is 438 g/mol. The Labute approximate surface area is 181 Å². The molecular formula is C24H22ClN2O2S+. The number of hydrogen-bond acceptors (Lipinski definition) is 3. The van der Waals surface area contributed by atoms with E-state index in [1.165, 1.54) is 6.26 Å². The summed E-state index contributed by atoms with van der Waals surface area (Å²) in [5.74, 6) is 0. The molecule has 6 heteroatoms. The van der Waals surface area contributed by atoms with E-state index in [4.69, 9.17) is 11.6 Å². The minimum atomic E-state index is -3.32. The fourth-order valence-corrected chi connectivity index (χ4v) is 4.23. The van der Waals surface area contributed by atoms with Crippen molar-refractivity contribution in [1.29, 1.82) is 0 Å². The third-order valence-corrected chi connectivity index (χ3v) is 8.04. The van der Waals surface area contributed by atoms with Gasteiger partial charge >= 0.3 is 0 Å². The van der Waals surface area contributed by atoms with Gasteiger partial charge in [0, 0.05) is 29.5 Å². The first-order valence-electron chi connectivity index (χ1n) is 9.54. The summed E-state index contributed by atoms with van der Waals surface area (Å²) in [7, 11) is -3.32. The van der Waals surface area contributed by atoms with E-state index in [0.717, 1.165) is 38.7 Å². The van der Waals surface area contributed by atoms with Gasteiger partial charge in [-0.1, -0.05) is 35.9 Å². The van der Waals surface area contributed by atoms with Crippen LogP contribution in [0.15, 0.2) is 73.2 Å². The molecular weight excluding hydrogens is 416 g/mol. The third kappa shape index (κ3) is 3.59. The number of benzene rings is 2. The molecule has 0 unspecified atom stereocenters. The van der Waals surface area contributed by atoms with E-state index in [2.05, 4.69) is 16.0 Å². The molecule has 0 saturated heterocycles. The van der Waals surface area contributed by atoms with Crippen molar-refractivity contribution in [3.8, 4) is 22.3 Å². The SMILES string of the molecule is CC(C)(c1cc(-c2cccc(-c3c[nH+]ccc3Cl)c2)c2ncccc2c1)S(C)(=O)=O. The Balaban J connectivity index is 1.98. The molecule has 2 aromatic carbocycles. The number of aromatic amines is 1. The smallest absolute Gasteiger partial charge is 0.176 e. The Bertz CT molecular complexity index is 1360. The predicted octanol–water partition coefficient (Wildman–Crippen LogP) is 5.32. The summed E-state index contributed by atoms with van der Waals surface area (Å²) in [6.45, 7) is 3.47. The van der Waals surface area contributed by atoms with Gasteiger partial charge in [-0.3, -0.25) is 4.98 Å². The number of nitrogens with zero attached hydrogens (tertiary/aromatic N) is 1. The van der Waals surface area contributed by atoms with Gasteiger partial charge in [0.1, 0.15) is 0 Å². The normalized spacial score (nSPS) is 12.3. The number of fused-ring (bicyclic) bond motifs is 1. The summed E-state index contributed by atoms with van der Waals surface area (Å²) >= 11 is 6.39.